The van der Waals surface area contributed by atoms with Gasteiger partial charge < -0.3 is 19.4 Å². The van der Waals surface area contributed by atoms with Gasteiger partial charge in [-0.05, 0) is 25.5 Å². The van der Waals surface area contributed by atoms with Crippen molar-refractivity contribution >= 4 is 12.0 Å². The maximum Gasteiger partial charge on any atom is 0.188 e. The van der Waals surface area contributed by atoms with Crippen molar-refractivity contribution in [1.82, 2.24) is 5.43 Å². The number of benzene rings is 1. The topological polar surface area (TPSA) is 80.2 Å². The van der Waals surface area contributed by atoms with E-state index < -0.39 is 0 Å². The van der Waals surface area contributed by atoms with Gasteiger partial charge in [-0.2, -0.15) is 5.10 Å². The summed E-state index contributed by atoms with van der Waals surface area (Å²) in [6, 6.07) is 3.13. The van der Waals surface area contributed by atoms with Gasteiger partial charge in [-0.25, -0.2) is 0 Å². The summed E-state index contributed by atoms with van der Waals surface area (Å²) in [5.41, 5.74) is 5.08. The second kappa shape index (κ2) is 6.58. The molecular formula is C15H20N2O4. The van der Waals surface area contributed by atoms with Crippen molar-refractivity contribution in [1.29, 1.82) is 0 Å². The van der Waals surface area contributed by atoms with E-state index in [0.29, 0.717) is 17.7 Å². The molecular weight excluding hydrogens is 272 g/mol. The average Bonchev–Trinajstić information content (AvgIpc) is 2.49. The Labute approximate surface area is 123 Å². The minimum absolute atomic E-state index is 0.0867. The molecule has 0 bridgehead atoms. The third kappa shape index (κ3) is 3.16. The molecule has 0 fully saturated rings. The molecule has 1 aromatic rings. The van der Waals surface area contributed by atoms with Gasteiger partial charge >= 0.3 is 0 Å². The van der Waals surface area contributed by atoms with Gasteiger partial charge in [0, 0.05) is 24.2 Å². The number of hydrogen-bond acceptors (Lipinski definition) is 6. The van der Waals surface area contributed by atoms with E-state index in [9.17, 15) is 9.90 Å². The molecule has 6 nitrogen and oxygen atoms in total. The van der Waals surface area contributed by atoms with Crippen LogP contribution in [0.15, 0.2) is 17.2 Å². The van der Waals surface area contributed by atoms with Crippen LogP contribution in [0.2, 0.25) is 0 Å². The number of hydrogen-bond donors (Lipinski definition) is 2. The van der Waals surface area contributed by atoms with Gasteiger partial charge in [0.2, 0.25) is 0 Å². The summed E-state index contributed by atoms with van der Waals surface area (Å²) >= 11 is 0. The first-order valence-corrected chi connectivity index (χ1v) is 6.81. The number of ether oxygens (including phenoxy) is 2. The van der Waals surface area contributed by atoms with E-state index in [1.54, 1.807) is 19.1 Å². The lowest BCUT2D eigenvalue weighted by atomic mass is 9.90. The summed E-state index contributed by atoms with van der Waals surface area (Å²) in [4.78, 5) is 10.8. The second-order valence-corrected chi connectivity index (χ2v) is 5.14. The number of methoxy groups -OCH3 is 1. The van der Waals surface area contributed by atoms with Crippen LogP contribution in [-0.2, 0) is 9.53 Å². The van der Waals surface area contributed by atoms with E-state index in [4.69, 9.17) is 9.47 Å². The third-order valence-electron chi connectivity index (χ3n) is 3.56. The van der Waals surface area contributed by atoms with Crippen molar-refractivity contribution in [2.75, 3.05) is 13.9 Å². The largest absolute Gasteiger partial charge is 0.508 e. The summed E-state index contributed by atoms with van der Waals surface area (Å²) in [6.45, 7) is 3.88. The lowest BCUT2D eigenvalue weighted by molar-refractivity contribution is -0.109. The van der Waals surface area contributed by atoms with Crippen molar-refractivity contribution in [3.63, 3.8) is 0 Å². The zero-order chi connectivity index (χ0) is 15.4. The highest BCUT2D eigenvalue weighted by Gasteiger charge is 2.26. The molecule has 114 valence electrons. The van der Waals surface area contributed by atoms with Gasteiger partial charge in [-0.15, -0.1) is 0 Å². The summed E-state index contributed by atoms with van der Waals surface area (Å²) in [5.74, 6) is 0.816. The van der Waals surface area contributed by atoms with Crippen molar-refractivity contribution in [2.45, 2.75) is 26.3 Å². The number of aldehydes is 1. The highest BCUT2D eigenvalue weighted by molar-refractivity contribution is 6.05. The number of carbonyl (C=O) groups excluding carboxylic acids is 1. The quantitative estimate of drug-likeness (QED) is 0.636. The van der Waals surface area contributed by atoms with Gasteiger partial charge in [0.1, 0.15) is 17.8 Å². The van der Waals surface area contributed by atoms with Crippen molar-refractivity contribution < 1.29 is 19.4 Å². The van der Waals surface area contributed by atoms with Crippen LogP contribution in [0.4, 0.5) is 0 Å². The van der Waals surface area contributed by atoms with E-state index >= 15 is 0 Å². The molecule has 2 rings (SSSR count). The summed E-state index contributed by atoms with van der Waals surface area (Å²) in [6.07, 6.45) is 1.53. The predicted octanol–water partition coefficient (Wildman–Crippen LogP) is 1.58. The van der Waals surface area contributed by atoms with E-state index in [1.807, 2.05) is 6.92 Å². The first-order chi connectivity index (χ1) is 10.1. The predicted molar refractivity (Wildman–Crippen MR) is 78.7 cm³/mol. The molecule has 0 saturated carbocycles. The van der Waals surface area contributed by atoms with Crippen molar-refractivity contribution in [3.8, 4) is 11.5 Å². The molecule has 1 heterocycles. The van der Waals surface area contributed by atoms with Crippen LogP contribution in [0.25, 0.3) is 0 Å². The monoisotopic (exact) mass is 292 g/mol. The standard InChI is InChI=1S/C15H20N2O4/c1-9-6-11(7-18)16-17-14(9)12-4-5-13(19)10(2)15(12)21-8-20-3/h4-5,7,9,11,16,19H,6,8H2,1-3H3. The Hall–Kier alpha value is -2.08. The number of aromatic hydroxyl groups is 1. The van der Waals surface area contributed by atoms with E-state index in [1.165, 1.54) is 7.11 Å². The van der Waals surface area contributed by atoms with E-state index in [2.05, 4.69) is 10.5 Å². The fraction of sp³-hybridized carbons (Fsp3) is 0.467. The van der Waals surface area contributed by atoms with Gasteiger partial charge in [0.25, 0.3) is 0 Å². The highest BCUT2D eigenvalue weighted by atomic mass is 16.7. The molecule has 1 aliphatic rings. The Morgan fingerprint density at radius 1 is 1.52 bits per heavy atom. The summed E-state index contributed by atoms with van der Waals surface area (Å²) in [5, 5.41) is 14.2. The number of phenols is 1. The van der Waals surface area contributed by atoms with Crippen molar-refractivity contribution in [3.05, 3.63) is 23.3 Å². The number of nitrogens with one attached hydrogen (secondary N) is 1. The molecule has 0 amide bonds. The molecule has 1 aromatic carbocycles. The number of rotatable bonds is 5. The van der Waals surface area contributed by atoms with Gasteiger partial charge in [-0.1, -0.05) is 6.92 Å². The molecule has 0 radical (unpaired) electrons. The van der Waals surface area contributed by atoms with Crippen LogP contribution in [-0.4, -0.2) is 37.0 Å². The molecule has 0 spiro atoms. The molecule has 1 aliphatic heterocycles. The molecule has 21 heavy (non-hydrogen) atoms. The minimum atomic E-state index is -0.259. The molecule has 0 aliphatic carbocycles. The third-order valence-corrected chi connectivity index (χ3v) is 3.56. The normalized spacial score (nSPS) is 21.4. The smallest absolute Gasteiger partial charge is 0.188 e. The Bertz CT molecular complexity index is 557. The van der Waals surface area contributed by atoms with Crippen molar-refractivity contribution in [2.24, 2.45) is 11.0 Å². The van der Waals surface area contributed by atoms with Gasteiger partial charge in [-0.3, -0.25) is 5.43 Å². The lowest BCUT2D eigenvalue weighted by Crippen LogP contribution is -2.37. The van der Waals surface area contributed by atoms with E-state index in [-0.39, 0.29) is 24.5 Å². The molecule has 0 saturated heterocycles. The number of hydrazone groups is 1. The number of phenolic OH excluding ortho intramolecular Hbond substituents is 1. The second-order valence-electron chi connectivity index (χ2n) is 5.14. The fourth-order valence-electron chi connectivity index (χ4n) is 2.41. The zero-order valence-corrected chi connectivity index (χ0v) is 12.4. The molecule has 0 aromatic heterocycles. The molecule has 2 N–H and O–H groups in total. The van der Waals surface area contributed by atoms with Crippen LogP contribution >= 0.6 is 0 Å². The average molecular weight is 292 g/mol. The molecule has 2 unspecified atom stereocenters. The van der Waals surface area contributed by atoms with Crippen LogP contribution < -0.4 is 10.2 Å². The molecule has 2 atom stereocenters. The van der Waals surface area contributed by atoms with Gasteiger partial charge in [0.05, 0.1) is 11.8 Å². The Morgan fingerprint density at radius 3 is 2.90 bits per heavy atom. The molecule has 6 heteroatoms. The van der Waals surface area contributed by atoms with Crippen LogP contribution in [0, 0.1) is 12.8 Å². The fourth-order valence-corrected chi connectivity index (χ4v) is 2.41. The van der Waals surface area contributed by atoms with Crippen LogP contribution in [0.3, 0.4) is 0 Å². The lowest BCUT2D eigenvalue weighted by Gasteiger charge is -2.26. The summed E-state index contributed by atoms with van der Waals surface area (Å²) in [7, 11) is 1.54. The first kappa shape index (κ1) is 15.3. The Morgan fingerprint density at radius 2 is 2.29 bits per heavy atom. The number of nitrogens with zero attached hydrogens (tertiary/aromatic N) is 1. The Balaban J connectivity index is 2.41. The maximum atomic E-state index is 10.8. The first-order valence-electron chi connectivity index (χ1n) is 6.81. The van der Waals surface area contributed by atoms with Gasteiger partial charge in [0.15, 0.2) is 6.79 Å². The van der Waals surface area contributed by atoms with Crippen LogP contribution in [0.5, 0.6) is 11.5 Å². The SMILES string of the molecule is COCOc1c(C2=NNC(C=O)CC2C)ccc(O)c1C. The minimum Gasteiger partial charge on any atom is -0.508 e. The van der Waals surface area contributed by atoms with Crippen LogP contribution in [0.1, 0.15) is 24.5 Å². The van der Waals surface area contributed by atoms with E-state index in [0.717, 1.165) is 17.6 Å². The maximum absolute atomic E-state index is 10.8. The zero-order valence-electron chi connectivity index (χ0n) is 12.4. The number of carbonyl (C=O) groups is 1. The Kier molecular flexibility index (Phi) is 4.80. The summed E-state index contributed by atoms with van der Waals surface area (Å²) < 4.78 is 10.5. The highest BCUT2D eigenvalue weighted by Crippen LogP contribution is 2.33.